The number of carboxylic acid groups (broad SMARTS) is 2. The first-order valence-corrected chi connectivity index (χ1v) is 20.1. The first kappa shape index (κ1) is 55.0. The van der Waals surface area contributed by atoms with Crippen molar-refractivity contribution in [2.45, 2.75) is 160 Å². The number of aliphatic carboxylic acids is 2. The van der Waals surface area contributed by atoms with Crippen LogP contribution in [-0.2, 0) is 43.2 Å². The number of aliphatic hydroxyl groups is 2. The van der Waals surface area contributed by atoms with E-state index in [1.807, 2.05) is 0 Å². The van der Waals surface area contributed by atoms with Gasteiger partial charge in [-0.05, 0) is 98.1 Å². The lowest BCUT2D eigenvalue weighted by Gasteiger charge is -2.29. The van der Waals surface area contributed by atoms with Crippen molar-refractivity contribution in [3.8, 4) is 0 Å². The average molecular weight is 861 g/mol. The number of rotatable bonds is 30. The Morgan fingerprint density at radius 3 is 1.32 bits per heavy atom. The molecule has 0 saturated carbocycles. The highest BCUT2D eigenvalue weighted by Gasteiger charge is 2.35. The topological polar surface area (TPSA) is 397 Å². The van der Waals surface area contributed by atoms with E-state index in [-0.39, 0.29) is 38.3 Å². The van der Waals surface area contributed by atoms with Crippen LogP contribution in [0.25, 0.3) is 0 Å². The molecule has 0 heterocycles. The van der Waals surface area contributed by atoms with E-state index < -0.39 is 127 Å². The first-order valence-electron chi connectivity index (χ1n) is 20.1. The maximum absolute atomic E-state index is 13.8. The first-order chi connectivity index (χ1) is 28.0. The Bertz CT molecular complexity index is 1450. The van der Waals surface area contributed by atoms with Gasteiger partial charge in [0.05, 0.1) is 12.2 Å². The van der Waals surface area contributed by atoms with Crippen molar-refractivity contribution in [2.75, 3.05) is 13.1 Å². The molecule has 0 spiro atoms. The summed E-state index contributed by atoms with van der Waals surface area (Å²) in [6, 6.07) is -10.9. The third kappa shape index (κ3) is 21.3. The highest BCUT2D eigenvalue weighted by Crippen LogP contribution is 2.10. The van der Waals surface area contributed by atoms with Crippen LogP contribution in [0.4, 0.5) is 0 Å². The summed E-state index contributed by atoms with van der Waals surface area (Å²) in [5.74, 6) is -9.01. The quantitative estimate of drug-likeness (QED) is 0.0304. The van der Waals surface area contributed by atoms with Crippen LogP contribution in [0.5, 0.6) is 0 Å². The maximum Gasteiger partial charge on any atom is 0.326 e. The second-order valence-corrected chi connectivity index (χ2v) is 15.2. The number of amides is 7. The molecule has 0 saturated heterocycles. The zero-order valence-electron chi connectivity index (χ0n) is 35.3. The van der Waals surface area contributed by atoms with Gasteiger partial charge in [-0.2, -0.15) is 0 Å². The molecular weight excluding hydrogens is 792 g/mol. The van der Waals surface area contributed by atoms with Crippen LogP contribution < -0.4 is 54.4 Å². The van der Waals surface area contributed by atoms with Crippen molar-refractivity contribution < 1.29 is 63.6 Å². The van der Waals surface area contributed by atoms with E-state index in [0.717, 1.165) is 0 Å². The number of carbonyl (C=O) groups is 9. The van der Waals surface area contributed by atoms with Crippen molar-refractivity contribution in [1.29, 1.82) is 0 Å². The van der Waals surface area contributed by atoms with Gasteiger partial charge in [0.25, 0.3) is 0 Å². The number of aliphatic hydroxyl groups excluding tert-OH is 2. The SMILES string of the molecule is CC(C)C[C@H](NC(=O)[C@@H](NC(=O)[C@H](CCCCN)NC(=O)[C@H](CCCCN)NC(=O)[C@H](C)NC(=O)[C@@H](N)[C@@H](C)O)[C@@H](C)O)C(=O)N[C@@H](C)C(=O)N[C@@H](CCC(=O)O)C(=O)O. The summed E-state index contributed by atoms with van der Waals surface area (Å²) >= 11 is 0. The second-order valence-electron chi connectivity index (χ2n) is 15.2. The Balaban J connectivity index is 6.16. The average Bonchev–Trinajstić information content (AvgIpc) is 3.15. The van der Waals surface area contributed by atoms with Gasteiger partial charge in [-0.25, -0.2) is 4.79 Å². The predicted molar refractivity (Wildman–Crippen MR) is 216 cm³/mol. The molecule has 7 amide bonds. The number of unbranched alkanes of at least 4 members (excludes halogenated alkanes) is 2. The lowest BCUT2D eigenvalue weighted by molar-refractivity contribution is -0.143. The van der Waals surface area contributed by atoms with E-state index in [9.17, 15) is 58.5 Å². The summed E-state index contributed by atoms with van der Waals surface area (Å²) in [5.41, 5.74) is 16.9. The third-order valence-electron chi connectivity index (χ3n) is 9.15. The van der Waals surface area contributed by atoms with Crippen LogP contribution in [0.1, 0.15) is 99.3 Å². The summed E-state index contributed by atoms with van der Waals surface area (Å²) in [6.45, 7) is 9.12. The van der Waals surface area contributed by atoms with Gasteiger partial charge in [0.15, 0.2) is 0 Å². The van der Waals surface area contributed by atoms with E-state index in [0.29, 0.717) is 25.7 Å². The molecule has 0 radical (unpaired) electrons. The van der Waals surface area contributed by atoms with Gasteiger partial charge in [-0.15, -0.1) is 0 Å². The van der Waals surface area contributed by atoms with E-state index in [2.05, 4.69) is 37.2 Å². The van der Waals surface area contributed by atoms with Crippen LogP contribution >= 0.6 is 0 Å². The van der Waals surface area contributed by atoms with Crippen LogP contribution in [0, 0.1) is 5.92 Å². The van der Waals surface area contributed by atoms with Crippen molar-refractivity contribution in [1.82, 2.24) is 37.2 Å². The van der Waals surface area contributed by atoms with Gasteiger partial charge in [0.1, 0.15) is 48.3 Å². The van der Waals surface area contributed by atoms with Gasteiger partial charge >= 0.3 is 11.9 Å². The molecule has 23 nitrogen and oxygen atoms in total. The third-order valence-corrected chi connectivity index (χ3v) is 9.15. The predicted octanol–water partition coefficient (Wildman–Crippen LogP) is -4.24. The van der Waals surface area contributed by atoms with Crippen LogP contribution in [0.2, 0.25) is 0 Å². The minimum Gasteiger partial charge on any atom is -0.481 e. The molecule has 0 unspecified atom stereocenters. The Morgan fingerprint density at radius 1 is 0.483 bits per heavy atom. The minimum atomic E-state index is -1.67. The molecule has 60 heavy (non-hydrogen) atoms. The summed E-state index contributed by atoms with van der Waals surface area (Å²) < 4.78 is 0. The summed E-state index contributed by atoms with van der Waals surface area (Å²) in [5, 5.41) is 55.5. The van der Waals surface area contributed by atoms with Gasteiger partial charge in [-0.1, -0.05) is 13.8 Å². The fraction of sp³-hybridized carbons (Fsp3) is 0.757. The molecule has 0 rings (SSSR count). The molecule has 23 heteroatoms. The van der Waals surface area contributed by atoms with E-state index in [1.165, 1.54) is 27.7 Å². The van der Waals surface area contributed by atoms with Crippen molar-refractivity contribution in [3.63, 3.8) is 0 Å². The molecule has 0 aliphatic carbocycles. The molecule has 0 aromatic carbocycles. The summed E-state index contributed by atoms with van der Waals surface area (Å²) in [7, 11) is 0. The molecule has 0 aliphatic rings. The number of carboxylic acids is 2. The zero-order chi connectivity index (χ0) is 46.3. The maximum atomic E-state index is 13.8. The summed E-state index contributed by atoms with van der Waals surface area (Å²) in [4.78, 5) is 115. The molecule has 10 atom stereocenters. The standard InChI is InChI=1S/C37H68N10O13/c1-18(2)17-26(34(56)41-19(3)31(53)45-25(37(59)60)13-14-27(50)51)46-36(58)29(22(6)49)47-33(55)24(12-8-10-16-39)44-32(54)23(11-7-9-15-38)43-30(52)20(4)42-35(57)28(40)21(5)48/h18-26,28-29,48-49H,7-17,38-40H2,1-6H3,(H,41,56)(H,42,57)(H,43,52)(H,44,54)(H,45,53)(H,46,58)(H,47,55)(H,50,51)(H,59,60)/t19-,20-,21+,22+,23-,24-,25-,26-,28-,29-/m0/s1. The Morgan fingerprint density at radius 2 is 0.900 bits per heavy atom. The zero-order valence-corrected chi connectivity index (χ0v) is 35.3. The Labute approximate surface area is 349 Å². The molecule has 0 aliphatic heterocycles. The van der Waals surface area contributed by atoms with E-state index >= 15 is 0 Å². The Kier molecular flexibility index (Phi) is 26.1. The molecule has 0 fully saturated rings. The largest absolute Gasteiger partial charge is 0.481 e. The Hall–Kier alpha value is -4.97. The molecule has 344 valence electrons. The number of hydrogen-bond donors (Lipinski definition) is 14. The lowest BCUT2D eigenvalue weighted by atomic mass is 10.0. The molecular formula is C37H68N10O13. The van der Waals surface area contributed by atoms with Crippen LogP contribution in [0.3, 0.4) is 0 Å². The fourth-order valence-corrected chi connectivity index (χ4v) is 5.51. The molecule has 0 aromatic rings. The minimum absolute atomic E-state index is 0.0213. The highest BCUT2D eigenvalue weighted by molar-refractivity contribution is 5.97. The highest BCUT2D eigenvalue weighted by atomic mass is 16.4. The van der Waals surface area contributed by atoms with Gasteiger partial charge in [0, 0.05) is 6.42 Å². The summed E-state index contributed by atoms with van der Waals surface area (Å²) in [6.07, 6.45) is -1.90. The van der Waals surface area contributed by atoms with Crippen molar-refractivity contribution >= 4 is 53.3 Å². The monoisotopic (exact) mass is 860 g/mol. The van der Waals surface area contributed by atoms with E-state index in [4.69, 9.17) is 22.3 Å². The normalized spacial score (nSPS) is 16.2. The number of nitrogens with two attached hydrogens (primary N) is 3. The van der Waals surface area contributed by atoms with Crippen LogP contribution in [-0.4, -0.2) is 147 Å². The molecule has 0 aromatic heterocycles. The number of carbonyl (C=O) groups excluding carboxylic acids is 7. The molecule has 0 bridgehead atoms. The van der Waals surface area contributed by atoms with Gasteiger partial charge in [0.2, 0.25) is 41.4 Å². The smallest absolute Gasteiger partial charge is 0.326 e. The van der Waals surface area contributed by atoms with Crippen molar-refractivity contribution in [2.24, 2.45) is 23.1 Å². The van der Waals surface area contributed by atoms with E-state index in [1.54, 1.807) is 13.8 Å². The lowest BCUT2D eigenvalue weighted by Crippen LogP contribution is -2.61. The van der Waals surface area contributed by atoms with Crippen LogP contribution in [0.15, 0.2) is 0 Å². The van der Waals surface area contributed by atoms with Crippen molar-refractivity contribution in [3.05, 3.63) is 0 Å². The second kappa shape index (κ2) is 28.5. The van der Waals surface area contributed by atoms with Gasteiger partial charge < -0.3 is 74.8 Å². The number of nitrogens with one attached hydrogen (secondary N) is 7. The molecule has 17 N–H and O–H groups in total. The fourth-order valence-electron chi connectivity index (χ4n) is 5.51. The number of hydrogen-bond acceptors (Lipinski definition) is 14. The van der Waals surface area contributed by atoms with Gasteiger partial charge in [-0.3, -0.25) is 38.4 Å².